The molecule has 0 aliphatic heterocycles. The molecule has 0 aliphatic rings. The molecule has 3 aromatic rings. The van der Waals surface area contributed by atoms with Crippen molar-refractivity contribution in [1.29, 1.82) is 0 Å². The van der Waals surface area contributed by atoms with Crippen LogP contribution in [-0.2, 0) is 6.54 Å². The van der Waals surface area contributed by atoms with Crippen molar-refractivity contribution in [3.8, 4) is 11.4 Å². The molecule has 3 aromatic heterocycles. The van der Waals surface area contributed by atoms with E-state index in [1.54, 1.807) is 15.3 Å². The predicted molar refractivity (Wildman–Crippen MR) is 82.5 cm³/mol. The fourth-order valence-corrected chi connectivity index (χ4v) is 2.49. The molecule has 0 unspecified atom stereocenters. The van der Waals surface area contributed by atoms with Crippen molar-refractivity contribution in [2.45, 2.75) is 39.7 Å². The molecular formula is C15H18N6O. The van der Waals surface area contributed by atoms with E-state index in [1.165, 1.54) is 0 Å². The number of tetrazole rings is 1. The SMILES string of the molecule is CCCCCn1nnnc1-c1cnc2cccc(C)n2c1=O. The molecule has 0 aliphatic carbocycles. The van der Waals surface area contributed by atoms with Gasteiger partial charge in [-0.15, -0.1) is 5.10 Å². The quantitative estimate of drug-likeness (QED) is 0.672. The maximum absolute atomic E-state index is 12.7. The van der Waals surface area contributed by atoms with Gasteiger partial charge in [0, 0.05) is 18.4 Å². The van der Waals surface area contributed by atoms with Gasteiger partial charge in [0.1, 0.15) is 11.2 Å². The lowest BCUT2D eigenvalue weighted by Crippen LogP contribution is -2.20. The van der Waals surface area contributed by atoms with Crippen LogP contribution in [0, 0.1) is 6.92 Å². The van der Waals surface area contributed by atoms with Gasteiger partial charge in [-0.05, 0) is 35.9 Å². The summed E-state index contributed by atoms with van der Waals surface area (Å²) in [6.07, 6.45) is 4.76. The lowest BCUT2D eigenvalue weighted by molar-refractivity contribution is 0.541. The second-order valence-corrected chi connectivity index (χ2v) is 5.27. The van der Waals surface area contributed by atoms with Gasteiger partial charge in [0.2, 0.25) is 0 Å². The largest absolute Gasteiger partial charge is 0.269 e. The predicted octanol–water partition coefficient (Wildman–Crippen LogP) is 1.85. The highest BCUT2D eigenvalue weighted by atomic mass is 16.1. The summed E-state index contributed by atoms with van der Waals surface area (Å²) in [5.74, 6) is 0.478. The van der Waals surface area contributed by atoms with Crippen molar-refractivity contribution in [2.24, 2.45) is 0 Å². The summed E-state index contributed by atoms with van der Waals surface area (Å²) in [7, 11) is 0. The molecule has 3 rings (SSSR count). The lowest BCUT2D eigenvalue weighted by Gasteiger charge is -2.07. The molecule has 0 amide bonds. The van der Waals surface area contributed by atoms with Gasteiger partial charge < -0.3 is 0 Å². The van der Waals surface area contributed by atoms with Crippen molar-refractivity contribution < 1.29 is 0 Å². The summed E-state index contributed by atoms with van der Waals surface area (Å²) in [6, 6.07) is 5.57. The second kappa shape index (κ2) is 6.05. The first-order valence-electron chi connectivity index (χ1n) is 7.46. The third-order valence-electron chi connectivity index (χ3n) is 3.67. The Morgan fingerprint density at radius 2 is 2.09 bits per heavy atom. The van der Waals surface area contributed by atoms with E-state index in [0.717, 1.165) is 25.0 Å². The van der Waals surface area contributed by atoms with Crippen LogP contribution < -0.4 is 5.56 Å². The van der Waals surface area contributed by atoms with E-state index in [0.29, 0.717) is 23.6 Å². The van der Waals surface area contributed by atoms with Gasteiger partial charge in [0.15, 0.2) is 5.82 Å². The van der Waals surface area contributed by atoms with E-state index < -0.39 is 0 Å². The van der Waals surface area contributed by atoms with Crippen LogP contribution in [0.5, 0.6) is 0 Å². The molecule has 114 valence electrons. The molecule has 0 saturated carbocycles. The molecule has 0 N–H and O–H groups in total. The summed E-state index contributed by atoms with van der Waals surface area (Å²) in [6.45, 7) is 4.72. The Labute approximate surface area is 127 Å². The molecule has 0 fully saturated rings. The molecule has 3 heterocycles. The summed E-state index contributed by atoms with van der Waals surface area (Å²) in [5.41, 5.74) is 1.74. The molecule has 0 aromatic carbocycles. The van der Waals surface area contributed by atoms with E-state index in [1.807, 2.05) is 25.1 Å². The molecule has 7 nitrogen and oxygen atoms in total. The van der Waals surface area contributed by atoms with Gasteiger partial charge >= 0.3 is 0 Å². The monoisotopic (exact) mass is 298 g/mol. The van der Waals surface area contributed by atoms with Gasteiger partial charge in [-0.1, -0.05) is 25.8 Å². The smallest absolute Gasteiger partial charge is 0.268 e. The third-order valence-corrected chi connectivity index (χ3v) is 3.67. The van der Waals surface area contributed by atoms with Gasteiger partial charge in [0.25, 0.3) is 5.56 Å². The minimum atomic E-state index is -0.144. The highest BCUT2D eigenvalue weighted by Gasteiger charge is 2.15. The average molecular weight is 298 g/mol. The Balaban J connectivity index is 2.08. The number of aromatic nitrogens is 6. The maximum Gasteiger partial charge on any atom is 0.269 e. The standard InChI is InChI=1S/C15H18N6O/c1-3-4-5-9-20-14(17-18-19-20)12-10-16-13-8-6-7-11(2)21(13)15(12)22/h6-8,10H,3-5,9H2,1-2H3. The number of hydrogen-bond acceptors (Lipinski definition) is 5. The molecule has 7 heteroatoms. The fourth-order valence-electron chi connectivity index (χ4n) is 2.49. The average Bonchev–Trinajstić information content (AvgIpc) is 2.96. The van der Waals surface area contributed by atoms with Gasteiger partial charge in [-0.25, -0.2) is 9.67 Å². The molecule has 0 atom stereocenters. The van der Waals surface area contributed by atoms with Crippen LogP contribution in [-0.4, -0.2) is 29.6 Å². The number of nitrogens with zero attached hydrogens (tertiary/aromatic N) is 6. The zero-order valence-corrected chi connectivity index (χ0v) is 12.7. The van der Waals surface area contributed by atoms with Gasteiger partial charge in [-0.2, -0.15) is 0 Å². The summed E-state index contributed by atoms with van der Waals surface area (Å²) < 4.78 is 3.26. The zero-order chi connectivity index (χ0) is 15.5. The fraction of sp³-hybridized carbons (Fsp3) is 0.400. The molecule has 0 saturated heterocycles. The summed E-state index contributed by atoms with van der Waals surface area (Å²) in [5, 5.41) is 11.7. The second-order valence-electron chi connectivity index (χ2n) is 5.27. The minimum Gasteiger partial charge on any atom is -0.268 e. The van der Waals surface area contributed by atoms with Crippen molar-refractivity contribution in [3.05, 3.63) is 40.4 Å². The third kappa shape index (κ3) is 2.49. The van der Waals surface area contributed by atoms with Gasteiger partial charge in [-0.3, -0.25) is 9.20 Å². The Morgan fingerprint density at radius 1 is 1.23 bits per heavy atom. The van der Waals surface area contributed by atoms with Crippen LogP contribution in [0.3, 0.4) is 0 Å². The van der Waals surface area contributed by atoms with Crippen molar-refractivity contribution in [2.75, 3.05) is 0 Å². The van der Waals surface area contributed by atoms with E-state index in [2.05, 4.69) is 27.4 Å². The first-order valence-corrected chi connectivity index (χ1v) is 7.46. The van der Waals surface area contributed by atoms with Crippen molar-refractivity contribution in [1.82, 2.24) is 29.6 Å². The number of pyridine rings is 1. The Kier molecular flexibility index (Phi) is 3.95. The Hall–Kier alpha value is -2.57. The number of aryl methyl sites for hydroxylation is 2. The van der Waals surface area contributed by atoms with Crippen LogP contribution >= 0.6 is 0 Å². The van der Waals surface area contributed by atoms with E-state index in [9.17, 15) is 4.79 Å². The van der Waals surface area contributed by atoms with Crippen LogP contribution in [0.1, 0.15) is 31.9 Å². The molecule has 0 radical (unpaired) electrons. The van der Waals surface area contributed by atoms with Crippen molar-refractivity contribution in [3.63, 3.8) is 0 Å². The van der Waals surface area contributed by atoms with Crippen molar-refractivity contribution >= 4 is 5.65 Å². The first kappa shape index (κ1) is 14.4. The minimum absolute atomic E-state index is 0.144. The Morgan fingerprint density at radius 3 is 2.91 bits per heavy atom. The van der Waals surface area contributed by atoms with E-state index in [-0.39, 0.29) is 5.56 Å². The number of unbranched alkanes of at least 4 members (excludes halogenated alkanes) is 2. The van der Waals surface area contributed by atoms with Gasteiger partial charge in [0.05, 0.1) is 0 Å². The topological polar surface area (TPSA) is 78.0 Å². The number of fused-ring (bicyclic) bond motifs is 1. The van der Waals surface area contributed by atoms with E-state index in [4.69, 9.17) is 0 Å². The normalized spacial score (nSPS) is 11.2. The summed E-state index contributed by atoms with van der Waals surface area (Å²) >= 11 is 0. The lowest BCUT2D eigenvalue weighted by atomic mass is 10.2. The zero-order valence-electron chi connectivity index (χ0n) is 12.7. The number of rotatable bonds is 5. The molecule has 22 heavy (non-hydrogen) atoms. The number of hydrogen-bond donors (Lipinski definition) is 0. The van der Waals surface area contributed by atoms with Crippen LogP contribution in [0.4, 0.5) is 0 Å². The molecule has 0 spiro atoms. The molecular weight excluding hydrogens is 280 g/mol. The summed E-state index contributed by atoms with van der Waals surface area (Å²) in [4.78, 5) is 17.1. The van der Waals surface area contributed by atoms with Crippen LogP contribution in [0.2, 0.25) is 0 Å². The highest BCUT2D eigenvalue weighted by Crippen LogP contribution is 2.12. The first-order chi connectivity index (χ1) is 10.7. The highest BCUT2D eigenvalue weighted by molar-refractivity contribution is 5.55. The van der Waals surface area contributed by atoms with Crippen LogP contribution in [0.25, 0.3) is 17.0 Å². The Bertz CT molecular complexity index is 851. The van der Waals surface area contributed by atoms with Crippen LogP contribution in [0.15, 0.2) is 29.2 Å². The maximum atomic E-state index is 12.7. The molecule has 0 bridgehead atoms. The van der Waals surface area contributed by atoms with E-state index >= 15 is 0 Å².